The number of rotatable bonds is 8. The van der Waals surface area contributed by atoms with E-state index in [-0.39, 0.29) is 0 Å². The first-order valence-corrected chi connectivity index (χ1v) is 10.3. The van der Waals surface area contributed by atoms with Crippen LogP contribution in [0.1, 0.15) is 47.1 Å². The van der Waals surface area contributed by atoms with Crippen molar-refractivity contribution in [1.29, 1.82) is 0 Å². The van der Waals surface area contributed by atoms with Crippen molar-refractivity contribution in [3.8, 4) is 18.1 Å². The van der Waals surface area contributed by atoms with E-state index in [0.29, 0.717) is 29.8 Å². The van der Waals surface area contributed by atoms with Crippen LogP contribution >= 0.6 is 0 Å². The Kier molecular flexibility index (Phi) is 7.18. The lowest BCUT2D eigenvalue weighted by Crippen LogP contribution is -2.50. The van der Waals surface area contributed by atoms with Crippen LogP contribution in [-0.2, 0) is 11.3 Å². The third-order valence-corrected chi connectivity index (χ3v) is 10.4. The van der Waals surface area contributed by atoms with Gasteiger partial charge in [-0.2, -0.15) is 0 Å². The number of hydrogen-bond donors (Lipinski definition) is 0. The first-order chi connectivity index (χ1) is 10.3. The van der Waals surface area contributed by atoms with Crippen molar-refractivity contribution in [3.63, 3.8) is 0 Å². The number of ether oxygens (including phenoxy) is 1. The van der Waals surface area contributed by atoms with Crippen LogP contribution in [0, 0.1) is 12.3 Å². The van der Waals surface area contributed by atoms with Gasteiger partial charge in [-0.3, -0.25) is 0 Å². The lowest BCUT2D eigenvalue weighted by atomic mass is 10.2. The first-order valence-electron chi connectivity index (χ1n) is 8.13. The predicted molar refractivity (Wildman–Crippen MR) is 96.6 cm³/mol. The Bertz CT molecular complexity index is 461. The van der Waals surface area contributed by atoms with Gasteiger partial charge in [0.1, 0.15) is 12.4 Å². The van der Waals surface area contributed by atoms with E-state index in [1.165, 1.54) is 0 Å². The minimum absolute atomic E-state index is 0.350. The van der Waals surface area contributed by atoms with E-state index in [4.69, 9.17) is 15.6 Å². The molecule has 1 aromatic carbocycles. The van der Waals surface area contributed by atoms with Crippen molar-refractivity contribution < 1.29 is 9.16 Å². The number of hydrogen-bond acceptors (Lipinski definition) is 2. The summed E-state index contributed by atoms with van der Waals surface area (Å²) in [6.45, 7) is 14.7. The summed E-state index contributed by atoms with van der Waals surface area (Å²) in [4.78, 5) is 0. The summed E-state index contributed by atoms with van der Waals surface area (Å²) in [5.74, 6) is 3.45. The van der Waals surface area contributed by atoms with Gasteiger partial charge in [0.05, 0.1) is 6.61 Å². The van der Waals surface area contributed by atoms with Gasteiger partial charge in [0.25, 0.3) is 8.32 Å². The molecule has 0 radical (unpaired) electrons. The molecular weight excluding hydrogens is 288 g/mol. The Balaban J connectivity index is 2.89. The molecule has 0 aliphatic heterocycles. The molecule has 0 amide bonds. The molecule has 0 N–H and O–H groups in total. The van der Waals surface area contributed by atoms with Crippen LogP contribution in [0.3, 0.4) is 0 Å². The van der Waals surface area contributed by atoms with E-state index in [2.05, 4.69) is 71.7 Å². The van der Waals surface area contributed by atoms with Crippen LogP contribution in [0.25, 0.3) is 0 Å². The van der Waals surface area contributed by atoms with E-state index < -0.39 is 8.32 Å². The summed E-state index contributed by atoms with van der Waals surface area (Å²) < 4.78 is 12.0. The molecule has 0 aromatic heterocycles. The minimum Gasteiger partial charge on any atom is -0.543 e. The molecular formula is C19H30O2Si. The average molecular weight is 319 g/mol. The number of benzene rings is 1. The highest BCUT2D eigenvalue weighted by molar-refractivity contribution is 6.78. The Morgan fingerprint density at radius 1 is 0.955 bits per heavy atom. The van der Waals surface area contributed by atoms with Crippen LogP contribution < -0.4 is 4.43 Å². The van der Waals surface area contributed by atoms with Crippen molar-refractivity contribution in [2.45, 2.75) is 64.8 Å². The summed E-state index contributed by atoms with van der Waals surface area (Å²) in [5.41, 5.74) is 2.84. The Hall–Kier alpha value is -1.24. The molecule has 1 aromatic rings. The van der Waals surface area contributed by atoms with Gasteiger partial charge < -0.3 is 9.16 Å². The fourth-order valence-corrected chi connectivity index (χ4v) is 8.69. The van der Waals surface area contributed by atoms with E-state index in [1.807, 2.05) is 0 Å². The molecule has 1 rings (SSSR count). The second-order valence-corrected chi connectivity index (χ2v) is 12.1. The molecule has 0 saturated heterocycles. The Labute approximate surface area is 137 Å². The van der Waals surface area contributed by atoms with E-state index in [1.54, 1.807) is 0 Å². The third-order valence-electron chi connectivity index (χ3n) is 4.38. The molecule has 122 valence electrons. The van der Waals surface area contributed by atoms with Gasteiger partial charge in [0.15, 0.2) is 0 Å². The molecule has 22 heavy (non-hydrogen) atoms. The van der Waals surface area contributed by atoms with Crippen molar-refractivity contribution in [2.24, 2.45) is 0 Å². The van der Waals surface area contributed by atoms with Crippen LogP contribution in [0.5, 0.6) is 5.75 Å². The fourth-order valence-electron chi connectivity index (χ4n) is 3.44. The topological polar surface area (TPSA) is 18.5 Å². The summed E-state index contributed by atoms with van der Waals surface area (Å²) in [7, 11) is -1.87. The highest BCUT2D eigenvalue weighted by atomic mass is 28.4. The standard InChI is InChI=1S/C19H30O2Si/c1-8-13-20-14-18-9-11-19(12-10-18)21-22(15(2)3,16(4)5)17(6)7/h1,9-12,15-17H,13-14H2,2-7H3. The van der Waals surface area contributed by atoms with Gasteiger partial charge in [-0.05, 0) is 34.3 Å². The van der Waals surface area contributed by atoms with Crippen LogP contribution in [0.2, 0.25) is 16.6 Å². The SMILES string of the molecule is C#CCOCc1ccc(O[Si](C(C)C)(C(C)C)C(C)C)cc1. The lowest BCUT2D eigenvalue weighted by molar-refractivity contribution is 0.153. The van der Waals surface area contributed by atoms with Crippen LogP contribution in [0.15, 0.2) is 24.3 Å². The van der Waals surface area contributed by atoms with Crippen LogP contribution in [0.4, 0.5) is 0 Å². The molecule has 0 aliphatic rings. The largest absolute Gasteiger partial charge is 0.543 e. The van der Waals surface area contributed by atoms with Crippen molar-refractivity contribution in [3.05, 3.63) is 29.8 Å². The van der Waals surface area contributed by atoms with Crippen molar-refractivity contribution >= 4 is 8.32 Å². The molecule has 3 heteroatoms. The van der Waals surface area contributed by atoms with Gasteiger partial charge in [0, 0.05) is 0 Å². The minimum atomic E-state index is -1.87. The average Bonchev–Trinajstić information content (AvgIpc) is 2.45. The predicted octanol–water partition coefficient (Wildman–Crippen LogP) is 5.39. The summed E-state index contributed by atoms with van der Waals surface area (Å²) in [6, 6.07) is 8.24. The molecule has 0 atom stereocenters. The van der Waals surface area contributed by atoms with Gasteiger partial charge in [-0.1, -0.05) is 59.6 Å². The third kappa shape index (κ3) is 4.38. The summed E-state index contributed by atoms with van der Waals surface area (Å²) >= 11 is 0. The second kappa shape index (κ2) is 8.41. The van der Waals surface area contributed by atoms with Gasteiger partial charge >= 0.3 is 0 Å². The maximum absolute atomic E-state index is 6.63. The zero-order valence-electron chi connectivity index (χ0n) is 14.8. The zero-order chi connectivity index (χ0) is 16.8. The van der Waals surface area contributed by atoms with E-state index in [0.717, 1.165) is 11.3 Å². The van der Waals surface area contributed by atoms with Crippen molar-refractivity contribution in [2.75, 3.05) is 6.61 Å². The van der Waals surface area contributed by atoms with E-state index >= 15 is 0 Å². The molecule has 0 unspecified atom stereocenters. The molecule has 2 nitrogen and oxygen atoms in total. The highest BCUT2D eigenvalue weighted by Gasteiger charge is 2.46. The highest BCUT2D eigenvalue weighted by Crippen LogP contribution is 2.42. The smallest absolute Gasteiger partial charge is 0.258 e. The zero-order valence-corrected chi connectivity index (χ0v) is 15.8. The van der Waals surface area contributed by atoms with Gasteiger partial charge in [0.2, 0.25) is 0 Å². The van der Waals surface area contributed by atoms with E-state index in [9.17, 15) is 0 Å². The molecule has 0 aliphatic carbocycles. The molecule has 0 spiro atoms. The molecule has 0 heterocycles. The van der Waals surface area contributed by atoms with Gasteiger partial charge in [-0.15, -0.1) is 6.42 Å². The summed E-state index contributed by atoms with van der Waals surface area (Å²) in [6.07, 6.45) is 5.18. The van der Waals surface area contributed by atoms with Gasteiger partial charge in [-0.25, -0.2) is 0 Å². The Morgan fingerprint density at radius 2 is 1.45 bits per heavy atom. The van der Waals surface area contributed by atoms with Crippen LogP contribution in [-0.4, -0.2) is 14.9 Å². The molecule has 0 fully saturated rings. The lowest BCUT2D eigenvalue weighted by Gasteiger charge is -2.42. The quantitative estimate of drug-likeness (QED) is 0.363. The monoisotopic (exact) mass is 318 g/mol. The fraction of sp³-hybridized carbons (Fsp3) is 0.579. The maximum atomic E-state index is 6.63. The summed E-state index contributed by atoms with van der Waals surface area (Å²) in [5, 5.41) is 0. The molecule has 0 saturated carbocycles. The maximum Gasteiger partial charge on any atom is 0.258 e. The normalized spacial score (nSPS) is 12.0. The van der Waals surface area contributed by atoms with Crippen molar-refractivity contribution in [1.82, 2.24) is 0 Å². The molecule has 0 bridgehead atoms. The number of terminal acetylenes is 1. The first kappa shape index (κ1) is 18.8. The second-order valence-electron chi connectivity index (χ2n) is 6.76. The Morgan fingerprint density at radius 3 is 1.86 bits per heavy atom.